The normalized spacial score (nSPS) is 16.5. The maximum Gasteiger partial charge on any atom is 0.243 e. The Kier molecular flexibility index (Phi) is 6.14. The third kappa shape index (κ3) is 4.54. The molecule has 0 fully saturated rings. The summed E-state index contributed by atoms with van der Waals surface area (Å²) in [6, 6.07) is 9.63. The van der Waals surface area contributed by atoms with Crippen LogP contribution in [0.2, 0.25) is 0 Å². The van der Waals surface area contributed by atoms with Crippen LogP contribution in [0.25, 0.3) is 0 Å². The van der Waals surface area contributed by atoms with E-state index in [9.17, 15) is 9.59 Å². The Bertz CT molecular complexity index is 803. The van der Waals surface area contributed by atoms with Crippen LogP contribution in [-0.2, 0) is 29.1 Å². The highest BCUT2D eigenvalue weighted by atomic mass is 79.9. The fourth-order valence-electron chi connectivity index (χ4n) is 3.22. The van der Waals surface area contributed by atoms with E-state index in [1.807, 2.05) is 43.5 Å². The van der Waals surface area contributed by atoms with Gasteiger partial charge in [0.2, 0.25) is 11.8 Å². The van der Waals surface area contributed by atoms with Crippen molar-refractivity contribution in [1.29, 1.82) is 0 Å². The molecule has 0 aliphatic carbocycles. The number of nitrogens with one attached hydrogen (secondary N) is 1. The Morgan fingerprint density at radius 1 is 1.31 bits per heavy atom. The lowest BCUT2D eigenvalue weighted by Gasteiger charge is -2.36. The quantitative estimate of drug-likeness (QED) is 0.768. The van der Waals surface area contributed by atoms with E-state index >= 15 is 0 Å². The van der Waals surface area contributed by atoms with Crippen LogP contribution in [0.15, 0.2) is 40.2 Å². The molecule has 1 N–H and O–H groups in total. The molecular weight excluding hydrogens is 412 g/mol. The van der Waals surface area contributed by atoms with E-state index in [0.717, 1.165) is 20.5 Å². The summed E-state index contributed by atoms with van der Waals surface area (Å²) in [6.07, 6.45) is 1.03. The van der Waals surface area contributed by atoms with Crippen LogP contribution in [0.4, 0.5) is 0 Å². The molecule has 1 aromatic heterocycles. The number of hydrogen-bond acceptors (Lipinski definition) is 3. The summed E-state index contributed by atoms with van der Waals surface area (Å²) in [7, 11) is 0. The van der Waals surface area contributed by atoms with Crippen LogP contribution in [0.5, 0.6) is 0 Å². The number of rotatable bonds is 5. The lowest BCUT2D eigenvalue weighted by atomic mass is 9.92. The van der Waals surface area contributed by atoms with E-state index in [0.29, 0.717) is 25.9 Å². The monoisotopic (exact) mass is 434 g/mol. The van der Waals surface area contributed by atoms with Gasteiger partial charge in [-0.2, -0.15) is 0 Å². The summed E-state index contributed by atoms with van der Waals surface area (Å²) in [5.41, 5.74) is 2.29. The van der Waals surface area contributed by atoms with Gasteiger partial charge in [0, 0.05) is 34.1 Å². The van der Waals surface area contributed by atoms with Crippen LogP contribution in [0.3, 0.4) is 0 Å². The van der Waals surface area contributed by atoms with Gasteiger partial charge in [-0.05, 0) is 39.0 Å². The zero-order valence-electron chi connectivity index (χ0n) is 15.0. The summed E-state index contributed by atoms with van der Waals surface area (Å²) < 4.78 is 1.02. The minimum Gasteiger partial charge on any atom is -0.349 e. The maximum atomic E-state index is 12.9. The van der Waals surface area contributed by atoms with Crippen molar-refractivity contribution in [2.45, 2.75) is 45.8 Å². The largest absolute Gasteiger partial charge is 0.349 e. The number of carbonyl (C=O) groups excluding carboxylic acids is 2. The summed E-state index contributed by atoms with van der Waals surface area (Å²) in [4.78, 5) is 28.5. The molecule has 1 atom stereocenters. The summed E-state index contributed by atoms with van der Waals surface area (Å²) in [6.45, 7) is 5.04. The molecule has 2 amide bonds. The predicted molar refractivity (Wildman–Crippen MR) is 108 cm³/mol. The number of benzene rings is 1. The van der Waals surface area contributed by atoms with Crippen molar-refractivity contribution < 1.29 is 9.59 Å². The molecule has 0 radical (unpaired) electrons. The molecule has 26 heavy (non-hydrogen) atoms. The Balaban J connectivity index is 1.76. The molecule has 4 nitrogen and oxygen atoms in total. The fraction of sp³-hybridized carbons (Fsp3) is 0.400. The van der Waals surface area contributed by atoms with Gasteiger partial charge in [-0.15, -0.1) is 11.3 Å². The van der Waals surface area contributed by atoms with Crippen molar-refractivity contribution in [3.8, 4) is 0 Å². The molecule has 0 saturated carbocycles. The van der Waals surface area contributed by atoms with Gasteiger partial charge in [-0.3, -0.25) is 9.59 Å². The van der Waals surface area contributed by atoms with Crippen molar-refractivity contribution in [3.05, 3.63) is 56.2 Å². The second-order valence-electron chi connectivity index (χ2n) is 7.06. The summed E-state index contributed by atoms with van der Waals surface area (Å²) in [5, 5.41) is 5.00. The number of amides is 2. The number of fused-ring (bicyclic) bond motifs is 1. The molecule has 0 bridgehead atoms. The highest BCUT2D eigenvalue weighted by Crippen LogP contribution is 2.25. The molecule has 2 heterocycles. The van der Waals surface area contributed by atoms with Crippen molar-refractivity contribution in [2.24, 2.45) is 5.92 Å². The molecule has 1 aliphatic rings. The molecule has 138 valence electrons. The first-order valence-corrected chi connectivity index (χ1v) is 10.5. The third-order valence-corrected chi connectivity index (χ3v) is 6.21. The van der Waals surface area contributed by atoms with Crippen molar-refractivity contribution in [1.82, 2.24) is 10.2 Å². The number of halogens is 1. The summed E-state index contributed by atoms with van der Waals surface area (Å²) in [5.74, 6) is 0.238. The lowest BCUT2D eigenvalue weighted by molar-refractivity contribution is -0.142. The Morgan fingerprint density at radius 3 is 2.69 bits per heavy atom. The minimum absolute atomic E-state index is 0.0496. The van der Waals surface area contributed by atoms with E-state index in [-0.39, 0.29) is 17.7 Å². The second kappa shape index (κ2) is 8.35. The average Bonchev–Trinajstić information content (AvgIpc) is 3.03. The first kappa shape index (κ1) is 19.1. The molecule has 0 spiro atoms. The van der Waals surface area contributed by atoms with Gasteiger partial charge < -0.3 is 10.2 Å². The van der Waals surface area contributed by atoms with Crippen LogP contribution < -0.4 is 5.32 Å². The fourth-order valence-corrected chi connectivity index (χ4v) is 4.62. The average molecular weight is 435 g/mol. The van der Waals surface area contributed by atoms with Crippen LogP contribution in [0, 0.1) is 5.92 Å². The van der Waals surface area contributed by atoms with Crippen molar-refractivity contribution >= 4 is 39.1 Å². The van der Waals surface area contributed by atoms with Crippen LogP contribution in [0.1, 0.15) is 36.3 Å². The third-order valence-electron chi connectivity index (χ3n) is 4.51. The van der Waals surface area contributed by atoms with Gasteiger partial charge in [-0.25, -0.2) is 0 Å². The highest BCUT2D eigenvalue weighted by Gasteiger charge is 2.34. The molecule has 3 rings (SSSR count). The van der Waals surface area contributed by atoms with Crippen molar-refractivity contribution in [3.63, 3.8) is 0 Å². The molecule has 2 aromatic rings. The molecule has 6 heteroatoms. The van der Waals surface area contributed by atoms with Gasteiger partial charge in [0.25, 0.3) is 0 Å². The molecule has 0 saturated heterocycles. The molecule has 1 aliphatic heterocycles. The van der Waals surface area contributed by atoms with Gasteiger partial charge in [0.05, 0.1) is 6.54 Å². The number of nitrogens with zero attached hydrogens (tertiary/aromatic N) is 1. The molecule has 1 unspecified atom stereocenters. The Hall–Kier alpha value is -1.66. The molecular formula is C20H23BrN2O2S. The van der Waals surface area contributed by atoms with E-state index in [4.69, 9.17) is 0 Å². The Morgan fingerprint density at radius 2 is 2.04 bits per heavy atom. The van der Waals surface area contributed by atoms with E-state index in [1.54, 1.807) is 16.2 Å². The predicted octanol–water partition coefficient (Wildman–Crippen LogP) is 4.13. The zero-order chi connectivity index (χ0) is 18.7. The van der Waals surface area contributed by atoms with Gasteiger partial charge in [0.1, 0.15) is 6.04 Å². The minimum atomic E-state index is -0.445. The Labute approximate surface area is 166 Å². The van der Waals surface area contributed by atoms with Gasteiger partial charge in [0.15, 0.2) is 0 Å². The number of thiophene rings is 1. The van der Waals surface area contributed by atoms with Gasteiger partial charge >= 0.3 is 0 Å². The lowest BCUT2D eigenvalue weighted by Crippen LogP contribution is -2.52. The van der Waals surface area contributed by atoms with Gasteiger partial charge in [-0.1, -0.05) is 38.1 Å². The first-order valence-electron chi connectivity index (χ1n) is 8.81. The zero-order valence-corrected chi connectivity index (χ0v) is 17.4. The summed E-state index contributed by atoms with van der Waals surface area (Å²) >= 11 is 5.03. The highest BCUT2D eigenvalue weighted by molar-refractivity contribution is 9.10. The maximum absolute atomic E-state index is 12.9. The molecule has 1 aromatic carbocycles. The first-order chi connectivity index (χ1) is 12.4. The van der Waals surface area contributed by atoms with Crippen LogP contribution >= 0.6 is 27.3 Å². The van der Waals surface area contributed by atoms with E-state index in [1.165, 1.54) is 0 Å². The number of hydrogen-bond donors (Lipinski definition) is 1. The second-order valence-corrected chi connectivity index (χ2v) is 8.97. The SMILES string of the molecule is CC(C)CC(=O)N1Cc2ccccc2CC1C(=O)NCc1cc(Br)cs1. The smallest absolute Gasteiger partial charge is 0.243 e. The standard InChI is InChI=1S/C20H23BrN2O2S/c1-13(2)7-19(24)23-11-15-6-4-3-5-14(15)8-18(23)20(25)22-10-17-9-16(21)12-26-17/h3-6,9,12-13,18H,7-8,10-11H2,1-2H3,(H,22,25). The van der Waals surface area contributed by atoms with E-state index < -0.39 is 6.04 Å². The number of carbonyl (C=O) groups is 2. The van der Waals surface area contributed by atoms with Crippen molar-refractivity contribution in [2.75, 3.05) is 0 Å². The van der Waals surface area contributed by atoms with E-state index in [2.05, 4.69) is 27.3 Å². The topological polar surface area (TPSA) is 49.4 Å². The van der Waals surface area contributed by atoms with Crippen LogP contribution in [-0.4, -0.2) is 22.8 Å².